The molecule has 4 aliphatic rings. The second kappa shape index (κ2) is 13.1. The number of pyridine rings is 2. The van der Waals surface area contributed by atoms with Gasteiger partial charge in [-0.15, -0.1) is 6.42 Å². The fourth-order valence-electron chi connectivity index (χ4n) is 9.09. The van der Waals surface area contributed by atoms with E-state index in [-0.39, 0.29) is 35.9 Å². The van der Waals surface area contributed by atoms with Crippen molar-refractivity contribution in [2.45, 2.75) is 55.9 Å². The first-order valence-electron chi connectivity index (χ1n) is 18.1. The number of fused-ring (bicyclic) bond motifs is 4. The Labute approximate surface area is 304 Å². The Morgan fingerprint density at radius 3 is 2.72 bits per heavy atom. The van der Waals surface area contributed by atoms with Crippen LogP contribution in [-0.4, -0.2) is 92.2 Å². The number of carbonyl (C=O) groups is 1. The number of ether oxygens (including phenoxy) is 1. The van der Waals surface area contributed by atoms with Crippen LogP contribution in [0.3, 0.4) is 0 Å². The molecule has 4 fully saturated rings. The van der Waals surface area contributed by atoms with Gasteiger partial charge in [-0.3, -0.25) is 19.7 Å². The molecule has 9 nitrogen and oxygen atoms in total. The number of benzene rings is 2. The van der Waals surface area contributed by atoms with Crippen LogP contribution >= 0.6 is 0 Å². The molecule has 268 valence electrons. The smallest absolute Gasteiger partial charge is 0.319 e. The van der Waals surface area contributed by atoms with Crippen LogP contribution in [0.25, 0.3) is 39.0 Å². The molecule has 9 rings (SSSR count). The summed E-state index contributed by atoms with van der Waals surface area (Å²) in [5.41, 5.74) is 1.15. The molecule has 0 bridgehead atoms. The predicted molar refractivity (Wildman–Crippen MR) is 196 cm³/mol. The van der Waals surface area contributed by atoms with Crippen molar-refractivity contribution >= 4 is 39.5 Å². The fraction of sp³-hybridized carbons (Fsp3) is 0.341. The molecule has 0 aliphatic carbocycles. The lowest BCUT2D eigenvalue weighted by Gasteiger charge is -2.31. The molecular weight excluding hydrogens is 679 g/mol. The van der Waals surface area contributed by atoms with E-state index in [2.05, 4.69) is 25.8 Å². The zero-order chi connectivity index (χ0) is 36.3. The van der Waals surface area contributed by atoms with Gasteiger partial charge in [0.25, 0.3) is 5.91 Å². The normalized spacial score (nSPS) is 24.2. The predicted octanol–water partition coefficient (Wildman–Crippen LogP) is 6.51. The molecule has 3 unspecified atom stereocenters. The molecule has 1 amide bonds. The minimum Gasteiger partial charge on any atom is -0.461 e. The Morgan fingerprint density at radius 1 is 1.04 bits per heavy atom. The topological polar surface area (TPSA) is 87.6 Å². The van der Waals surface area contributed by atoms with E-state index in [4.69, 9.17) is 16.1 Å². The molecule has 2 aromatic carbocycles. The lowest BCUT2D eigenvalue weighted by atomic mass is 9.95. The van der Waals surface area contributed by atoms with Crippen molar-refractivity contribution in [2.24, 2.45) is 0 Å². The number of aromatic nitrogens is 4. The Bertz CT molecular complexity index is 2330. The van der Waals surface area contributed by atoms with Crippen molar-refractivity contribution in [1.29, 1.82) is 0 Å². The Morgan fingerprint density at radius 2 is 1.89 bits per heavy atom. The maximum Gasteiger partial charge on any atom is 0.319 e. The van der Waals surface area contributed by atoms with Gasteiger partial charge in [0.1, 0.15) is 29.8 Å². The molecule has 0 saturated carbocycles. The van der Waals surface area contributed by atoms with Crippen molar-refractivity contribution in [2.75, 3.05) is 37.7 Å². The zero-order valence-corrected chi connectivity index (χ0v) is 28.9. The number of nitrogens with zero attached hydrogens (tertiary/aromatic N) is 7. The standard InChI is InChI=1S/C41H36F3N7O2/c1-2-25-8-5-9-26-10-6-12-29(34(25)26)36-35(44)37-30(22-46-36)38(48-40(47-37)53-24-41-15-7-17-49(41)23-27(42)21-41)50-18-13-33-32(50)14-19-51(33)39(52)31(43)20-28-11-3-4-16-45-28/h1,3-6,8-12,16,20,22,27,32-33H,7,13-15,17-19,21,23-24H2/b31-20-/t27?,32?,33?,41-/m0/s1. The first kappa shape index (κ1) is 33.3. The summed E-state index contributed by atoms with van der Waals surface area (Å²) >= 11 is 0. The van der Waals surface area contributed by atoms with Gasteiger partial charge >= 0.3 is 6.01 Å². The van der Waals surface area contributed by atoms with Gasteiger partial charge in [0.05, 0.1) is 28.7 Å². The fourth-order valence-corrected chi connectivity index (χ4v) is 9.09. The van der Waals surface area contributed by atoms with Crippen molar-refractivity contribution in [3.05, 3.63) is 89.9 Å². The highest BCUT2D eigenvalue weighted by atomic mass is 19.1. The van der Waals surface area contributed by atoms with E-state index >= 15 is 8.78 Å². The van der Waals surface area contributed by atoms with Gasteiger partial charge in [-0.05, 0) is 55.8 Å². The number of carbonyl (C=O) groups excluding carboxylic acids is 1. The molecule has 4 saturated heterocycles. The summed E-state index contributed by atoms with van der Waals surface area (Å²) in [4.78, 5) is 37.4. The van der Waals surface area contributed by atoms with Crippen LogP contribution in [-0.2, 0) is 4.79 Å². The second-order valence-electron chi connectivity index (χ2n) is 14.4. The first-order valence-corrected chi connectivity index (χ1v) is 18.1. The van der Waals surface area contributed by atoms with Crippen LogP contribution in [0.5, 0.6) is 6.01 Å². The van der Waals surface area contributed by atoms with Gasteiger partial charge in [-0.25, -0.2) is 13.2 Å². The van der Waals surface area contributed by atoms with Gasteiger partial charge in [0.15, 0.2) is 11.6 Å². The number of anilines is 1. The molecule has 0 spiro atoms. The van der Waals surface area contributed by atoms with Gasteiger partial charge in [-0.2, -0.15) is 9.97 Å². The number of terminal acetylenes is 1. The number of hydrogen-bond acceptors (Lipinski definition) is 8. The lowest BCUT2D eigenvalue weighted by Crippen LogP contribution is -2.43. The third kappa shape index (κ3) is 5.65. The maximum atomic E-state index is 17.0. The van der Waals surface area contributed by atoms with Crippen molar-refractivity contribution in [3.8, 4) is 29.6 Å². The molecule has 0 radical (unpaired) electrons. The third-order valence-corrected chi connectivity index (χ3v) is 11.5. The minimum absolute atomic E-state index is 0.0203. The summed E-state index contributed by atoms with van der Waals surface area (Å²) in [5.74, 6) is 0.917. The number of rotatable bonds is 7. The third-order valence-electron chi connectivity index (χ3n) is 11.5. The summed E-state index contributed by atoms with van der Waals surface area (Å²) in [6.45, 7) is 2.16. The summed E-state index contributed by atoms with van der Waals surface area (Å²) < 4.78 is 53.2. The van der Waals surface area contributed by atoms with E-state index < -0.39 is 29.3 Å². The Hall–Kier alpha value is -5.54. The van der Waals surface area contributed by atoms with Crippen LogP contribution in [0.2, 0.25) is 0 Å². The van der Waals surface area contributed by atoms with E-state index in [0.29, 0.717) is 72.3 Å². The van der Waals surface area contributed by atoms with Gasteiger partial charge < -0.3 is 14.5 Å². The summed E-state index contributed by atoms with van der Waals surface area (Å²) in [5, 5.41) is 1.94. The summed E-state index contributed by atoms with van der Waals surface area (Å²) in [6, 6.07) is 15.7. The van der Waals surface area contributed by atoms with Crippen LogP contribution in [0.4, 0.5) is 19.0 Å². The van der Waals surface area contributed by atoms with Crippen LogP contribution in [0.15, 0.2) is 72.8 Å². The Balaban J connectivity index is 1.10. The Kier molecular flexibility index (Phi) is 8.26. The van der Waals surface area contributed by atoms with Gasteiger partial charge in [0, 0.05) is 61.0 Å². The minimum atomic E-state index is -0.940. The number of hydrogen-bond donors (Lipinski definition) is 0. The largest absolute Gasteiger partial charge is 0.461 e. The van der Waals surface area contributed by atoms with E-state index in [1.165, 1.54) is 0 Å². The first-order chi connectivity index (χ1) is 25.8. The average Bonchev–Trinajstić information content (AvgIpc) is 3.95. The highest BCUT2D eigenvalue weighted by molar-refractivity contribution is 6.02. The number of amides is 1. The molecule has 4 aliphatic heterocycles. The van der Waals surface area contributed by atoms with Crippen LogP contribution < -0.4 is 9.64 Å². The second-order valence-corrected chi connectivity index (χ2v) is 14.4. The number of alkyl halides is 1. The molecule has 5 aromatic rings. The maximum absolute atomic E-state index is 17.0. The molecule has 12 heteroatoms. The van der Waals surface area contributed by atoms with Crippen molar-refractivity contribution < 1.29 is 22.7 Å². The molecule has 4 atom stereocenters. The average molecular weight is 716 g/mol. The highest BCUT2D eigenvalue weighted by Crippen LogP contribution is 2.43. The van der Waals surface area contributed by atoms with E-state index in [0.717, 1.165) is 30.8 Å². The molecule has 7 heterocycles. The molecule has 3 aromatic heterocycles. The quantitative estimate of drug-likeness (QED) is 0.139. The highest BCUT2D eigenvalue weighted by Gasteiger charge is 2.50. The number of likely N-dealkylation sites (tertiary alicyclic amines) is 1. The summed E-state index contributed by atoms with van der Waals surface area (Å²) in [7, 11) is 0. The summed E-state index contributed by atoms with van der Waals surface area (Å²) in [6.07, 6.45) is 12.4. The van der Waals surface area contributed by atoms with Crippen molar-refractivity contribution in [1.82, 2.24) is 29.7 Å². The van der Waals surface area contributed by atoms with E-state index in [1.807, 2.05) is 35.2 Å². The van der Waals surface area contributed by atoms with E-state index in [9.17, 15) is 9.18 Å². The van der Waals surface area contributed by atoms with E-state index in [1.54, 1.807) is 41.6 Å². The van der Waals surface area contributed by atoms with Gasteiger partial charge in [-0.1, -0.05) is 42.3 Å². The zero-order valence-electron chi connectivity index (χ0n) is 28.9. The molecule has 53 heavy (non-hydrogen) atoms. The monoisotopic (exact) mass is 715 g/mol. The molecular formula is C41H36F3N7O2. The van der Waals surface area contributed by atoms with Crippen LogP contribution in [0, 0.1) is 18.2 Å². The van der Waals surface area contributed by atoms with Crippen molar-refractivity contribution in [3.63, 3.8) is 0 Å². The van der Waals surface area contributed by atoms with Gasteiger partial charge in [0.2, 0.25) is 0 Å². The number of halogens is 3. The molecule has 0 N–H and O–H groups in total. The lowest BCUT2D eigenvalue weighted by molar-refractivity contribution is -0.129. The van der Waals surface area contributed by atoms with Crippen LogP contribution in [0.1, 0.15) is 43.4 Å². The SMILES string of the molecule is C#Cc1cccc2cccc(-c3ncc4c(N5CCC6C5CCN6C(=O)/C(F)=C/c5ccccn5)nc(OC[C@@]56CCCN5CC(F)C6)nc4c3F)c12.